The van der Waals surface area contributed by atoms with Crippen LogP contribution in [0.4, 0.5) is 13.2 Å². The first-order valence-corrected chi connectivity index (χ1v) is 10.9. The summed E-state index contributed by atoms with van der Waals surface area (Å²) in [5, 5.41) is 3.06. The third-order valence-electron chi connectivity index (χ3n) is 5.66. The molecule has 3 aromatic carbocycles. The summed E-state index contributed by atoms with van der Waals surface area (Å²) in [6, 6.07) is 21.0. The van der Waals surface area contributed by atoms with Gasteiger partial charge in [0.05, 0.1) is 10.6 Å². The Bertz CT molecular complexity index is 1330. The van der Waals surface area contributed by atoms with E-state index < -0.39 is 11.7 Å². The van der Waals surface area contributed by atoms with Gasteiger partial charge in [-0.15, -0.1) is 11.8 Å². The molecule has 1 aromatic heterocycles. The van der Waals surface area contributed by atoms with Crippen molar-refractivity contribution < 1.29 is 13.2 Å². The molecule has 0 amide bonds. The molecule has 0 atom stereocenters. The molecule has 0 bridgehead atoms. The van der Waals surface area contributed by atoms with Crippen LogP contribution >= 0.6 is 11.8 Å². The quantitative estimate of drug-likeness (QED) is 0.371. The lowest BCUT2D eigenvalue weighted by molar-refractivity contribution is -0.137. The van der Waals surface area contributed by atoms with Crippen molar-refractivity contribution in [2.45, 2.75) is 24.2 Å². The van der Waals surface area contributed by atoms with E-state index in [1.807, 2.05) is 36.4 Å². The van der Waals surface area contributed by atoms with Crippen LogP contribution in [0.1, 0.15) is 16.7 Å². The largest absolute Gasteiger partial charge is 0.416 e. The van der Waals surface area contributed by atoms with Crippen molar-refractivity contribution in [3.63, 3.8) is 0 Å². The highest BCUT2D eigenvalue weighted by Crippen LogP contribution is 2.39. The molecular formula is C25H18F3NOS. The molecular weight excluding hydrogens is 419 g/mol. The molecule has 31 heavy (non-hydrogen) atoms. The van der Waals surface area contributed by atoms with Crippen LogP contribution in [0.3, 0.4) is 0 Å². The number of benzene rings is 3. The molecule has 0 N–H and O–H groups in total. The Labute approximate surface area is 181 Å². The molecule has 156 valence electrons. The monoisotopic (exact) mass is 437 g/mol. The number of hydrogen-bond donors (Lipinski definition) is 0. The molecule has 0 fully saturated rings. The minimum atomic E-state index is -4.38. The summed E-state index contributed by atoms with van der Waals surface area (Å²) < 4.78 is 40.9. The third-order valence-corrected chi connectivity index (χ3v) is 6.74. The van der Waals surface area contributed by atoms with Crippen LogP contribution in [0.25, 0.3) is 21.9 Å². The van der Waals surface area contributed by atoms with E-state index in [1.165, 1.54) is 12.1 Å². The SMILES string of the molecule is O=c1cc(Cc2cccc3ccccc23)c(-c2ccc(C(F)(F)F)cc2)c2n1CCS2. The number of pyridine rings is 1. The van der Waals surface area contributed by atoms with E-state index in [0.29, 0.717) is 18.5 Å². The van der Waals surface area contributed by atoms with E-state index >= 15 is 0 Å². The topological polar surface area (TPSA) is 22.0 Å². The van der Waals surface area contributed by atoms with Gasteiger partial charge >= 0.3 is 6.18 Å². The molecule has 0 aliphatic carbocycles. The van der Waals surface area contributed by atoms with E-state index in [9.17, 15) is 18.0 Å². The summed E-state index contributed by atoms with van der Waals surface area (Å²) in [6.07, 6.45) is -3.85. The van der Waals surface area contributed by atoms with Gasteiger partial charge in [-0.25, -0.2) is 0 Å². The zero-order chi connectivity index (χ0) is 21.6. The van der Waals surface area contributed by atoms with Crippen LogP contribution in [0.2, 0.25) is 0 Å². The van der Waals surface area contributed by atoms with Crippen molar-refractivity contribution in [3.05, 3.63) is 99.8 Å². The third kappa shape index (κ3) is 3.65. The van der Waals surface area contributed by atoms with E-state index in [1.54, 1.807) is 22.4 Å². The van der Waals surface area contributed by atoms with Gasteiger partial charge in [0.2, 0.25) is 0 Å². The van der Waals surface area contributed by atoms with E-state index in [2.05, 4.69) is 6.07 Å². The van der Waals surface area contributed by atoms with Gasteiger partial charge in [-0.3, -0.25) is 4.79 Å². The Kier molecular flexibility index (Phi) is 4.89. The molecule has 5 rings (SSSR count). The number of aromatic nitrogens is 1. The Morgan fingerprint density at radius 1 is 0.903 bits per heavy atom. The second-order valence-corrected chi connectivity index (χ2v) is 8.66. The van der Waals surface area contributed by atoms with E-state index in [-0.39, 0.29) is 5.56 Å². The van der Waals surface area contributed by atoms with Gasteiger partial charge in [0.15, 0.2) is 0 Å². The fourth-order valence-corrected chi connectivity index (χ4v) is 5.39. The van der Waals surface area contributed by atoms with Crippen molar-refractivity contribution in [3.8, 4) is 11.1 Å². The normalized spacial score (nSPS) is 13.5. The maximum atomic E-state index is 13.1. The second-order valence-electron chi connectivity index (χ2n) is 7.58. The fraction of sp³-hybridized carbons (Fsp3) is 0.160. The highest BCUT2D eigenvalue weighted by Gasteiger charge is 2.30. The Morgan fingerprint density at radius 2 is 1.65 bits per heavy atom. The van der Waals surface area contributed by atoms with Gasteiger partial charge in [0.1, 0.15) is 0 Å². The molecule has 4 aromatic rings. The van der Waals surface area contributed by atoms with Gasteiger partial charge in [0, 0.05) is 23.9 Å². The predicted octanol–water partition coefficient (Wildman–Crippen LogP) is 6.38. The highest BCUT2D eigenvalue weighted by molar-refractivity contribution is 7.99. The van der Waals surface area contributed by atoms with Gasteiger partial charge in [-0.05, 0) is 46.0 Å². The minimum Gasteiger partial charge on any atom is -0.302 e. The van der Waals surface area contributed by atoms with Crippen molar-refractivity contribution in [1.82, 2.24) is 4.57 Å². The number of rotatable bonds is 3. The summed E-state index contributed by atoms with van der Waals surface area (Å²) in [7, 11) is 0. The molecule has 2 nitrogen and oxygen atoms in total. The van der Waals surface area contributed by atoms with Crippen molar-refractivity contribution in [2.24, 2.45) is 0 Å². The summed E-state index contributed by atoms with van der Waals surface area (Å²) in [6.45, 7) is 0.612. The van der Waals surface area contributed by atoms with Gasteiger partial charge in [-0.1, -0.05) is 54.6 Å². The minimum absolute atomic E-state index is 0.0640. The van der Waals surface area contributed by atoms with Crippen LogP contribution in [-0.2, 0) is 19.1 Å². The van der Waals surface area contributed by atoms with E-state index in [0.717, 1.165) is 50.4 Å². The summed E-state index contributed by atoms with van der Waals surface area (Å²) in [5.41, 5.74) is 2.72. The summed E-state index contributed by atoms with van der Waals surface area (Å²) in [5.74, 6) is 0.778. The van der Waals surface area contributed by atoms with Gasteiger partial charge in [0.25, 0.3) is 5.56 Å². The Balaban J connectivity index is 1.68. The second kappa shape index (κ2) is 7.61. The van der Waals surface area contributed by atoms with Crippen LogP contribution in [0, 0.1) is 0 Å². The number of nitrogens with zero attached hydrogens (tertiary/aromatic N) is 1. The average molecular weight is 437 g/mol. The maximum absolute atomic E-state index is 13.1. The number of thioether (sulfide) groups is 1. The number of halogens is 3. The predicted molar refractivity (Wildman–Crippen MR) is 119 cm³/mol. The van der Waals surface area contributed by atoms with Gasteiger partial charge in [-0.2, -0.15) is 13.2 Å². The lowest BCUT2D eigenvalue weighted by Crippen LogP contribution is -2.20. The molecule has 1 aliphatic heterocycles. The zero-order valence-electron chi connectivity index (χ0n) is 16.4. The molecule has 2 heterocycles. The lowest BCUT2D eigenvalue weighted by atomic mass is 9.93. The lowest BCUT2D eigenvalue weighted by Gasteiger charge is -2.17. The molecule has 0 saturated heterocycles. The van der Waals surface area contributed by atoms with Crippen molar-refractivity contribution in [1.29, 1.82) is 0 Å². The first-order chi connectivity index (χ1) is 14.9. The van der Waals surface area contributed by atoms with Crippen LogP contribution in [0.5, 0.6) is 0 Å². The fourth-order valence-electron chi connectivity index (χ4n) is 4.19. The maximum Gasteiger partial charge on any atom is 0.416 e. The molecule has 0 unspecified atom stereocenters. The Morgan fingerprint density at radius 3 is 2.42 bits per heavy atom. The van der Waals surface area contributed by atoms with Gasteiger partial charge < -0.3 is 4.57 Å². The van der Waals surface area contributed by atoms with Crippen molar-refractivity contribution >= 4 is 22.5 Å². The number of hydrogen-bond acceptors (Lipinski definition) is 2. The number of fused-ring (bicyclic) bond motifs is 2. The molecule has 1 aliphatic rings. The summed E-state index contributed by atoms with van der Waals surface area (Å²) in [4.78, 5) is 12.8. The first kappa shape index (κ1) is 19.9. The molecule has 0 spiro atoms. The van der Waals surface area contributed by atoms with Crippen molar-refractivity contribution in [2.75, 3.05) is 5.75 Å². The van der Waals surface area contributed by atoms with Crippen LogP contribution < -0.4 is 5.56 Å². The highest BCUT2D eigenvalue weighted by atomic mass is 32.2. The first-order valence-electron chi connectivity index (χ1n) is 9.95. The molecule has 0 saturated carbocycles. The average Bonchev–Trinajstić information content (AvgIpc) is 3.24. The molecule has 0 radical (unpaired) electrons. The van der Waals surface area contributed by atoms with E-state index in [4.69, 9.17) is 0 Å². The smallest absolute Gasteiger partial charge is 0.302 e. The van der Waals surface area contributed by atoms with Crippen LogP contribution in [-0.4, -0.2) is 10.3 Å². The van der Waals surface area contributed by atoms with Crippen LogP contribution in [0.15, 0.2) is 82.6 Å². The number of alkyl halides is 3. The zero-order valence-corrected chi connectivity index (χ0v) is 17.3. The molecule has 6 heteroatoms. The summed E-state index contributed by atoms with van der Waals surface area (Å²) >= 11 is 1.58. The Hall–Kier alpha value is -2.99. The standard InChI is InChI=1S/C25H18F3NOS/c26-25(27,28)20-10-8-17(9-11-20)23-19(15-22(30)29-12-13-31-24(23)29)14-18-6-3-5-16-4-1-2-7-21(16)18/h1-11,15H,12-14H2.